The van der Waals surface area contributed by atoms with E-state index >= 15 is 0 Å². The van der Waals surface area contributed by atoms with Crippen LogP contribution >= 0.6 is 0 Å². The molecule has 30 heavy (non-hydrogen) atoms. The quantitative estimate of drug-likeness (QED) is 0.604. The Hall–Kier alpha value is -2.28. The lowest BCUT2D eigenvalue weighted by Crippen LogP contribution is -2.36. The summed E-state index contributed by atoms with van der Waals surface area (Å²) in [4.78, 5) is 2.63. The van der Waals surface area contributed by atoms with Gasteiger partial charge >= 0.3 is 0 Å². The molecule has 1 aliphatic carbocycles. The molecule has 1 N–H and O–H groups in total. The minimum Gasteiger partial charge on any atom is -0.296 e. The van der Waals surface area contributed by atoms with Crippen LogP contribution in [0.2, 0.25) is 0 Å². The first-order valence-electron chi connectivity index (χ1n) is 10.6. The van der Waals surface area contributed by atoms with Crippen molar-refractivity contribution in [3.05, 3.63) is 77.1 Å². The van der Waals surface area contributed by atoms with Crippen LogP contribution in [0.5, 0.6) is 0 Å². The zero-order valence-corrected chi connectivity index (χ0v) is 17.6. The second-order valence-electron chi connectivity index (χ2n) is 8.17. The lowest BCUT2D eigenvalue weighted by molar-refractivity contribution is 0.184. The fourth-order valence-electron chi connectivity index (χ4n) is 5.05. The maximum Gasteiger partial charge on any atom is 0.241 e. The van der Waals surface area contributed by atoms with Crippen molar-refractivity contribution in [1.82, 2.24) is 9.62 Å². The summed E-state index contributed by atoms with van der Waals surface area (Å²) < 4.78 is 42.4. The van der Waals surface area contributed by atoms with Gasteiger partial charge in [-0.2, -0.15) is 0 Å². The third-order valence-electron chi connectivity index (χ3n) is 6.45. The fraction of sp³-hybridized carbons (Fsp3) is 0.333. The van der Waals surface area contributed by atoms with E-state index < -0.39 is 15.8 Å². The molecular weight excluding hydrogens is 399 g/mol. The maximum absolute atomic E-state index is 14.0. The Kier molecular flexibility index (Phi) is 5.09. The Morgan fingerprint density at radius 3 is 2.57 bits per heavy atom. The van der Waals surface area contributed by atoms with Gasteiger partial charge in [0, 0.05) is 36.4 Å². The number of aryl methyl sites for hydroxylation is 1. The molecule has 6 heteroatoms. The molecule has 2 aliphatic rings. The SMILES string of the molecule is O=S(=O)(NCCCN1CCc2cccc3c2C1CC3)c1ccc(F)c2ccccc12. The van der Waals surface area contributed by atoms with Crippen LogP contribution in [0.3, 0.4) is 0 Å². The van der Waals surface area contributed by atoms with Crippen LogP contribution in [0, 0.1) is 5.82 Å². The lowest BCUT2D eigenvalue weighted by atomic mass is 9.93. The van der Waals surface area contributed by atoms with E-state index in [1.54, 1.807) is 24.3 Å². The third kappa shape index (κ3) is 3.43. The number of hydrogen-bond acceptors (Lipinski definition) is 3. The predicted molar refractivity (Wildman–Crippen MR) is 116 cm³/mol. The first-order chi connectivity index (χ1) is 14.5. The number of rotatable bonds is 6. The van der Waals surface area contributed by atoms with Crippen LogP contribution in [0.25, 0.3) is 10.8 Å². The molecule has 3 aromatic rings. The van der Waals surface area contributed by atoms with Gasteiger partial charge in [-0.3, -0.25) is 4.90 Å². The summed E-state index contributed by atoms with van der Waals surface area (Å²) in [5, 5.41) is 0.737. The highest BCUT2D eigenvalue weighted by Crippen LogP contribution is 2.41. The second kappa shape index (κ2) is 7.76. The minimum atomic E-state index is -3.70. The average Bonchev–Trinajstić information content (AvgIpc) is 3.19. The van der Waals surface area contributed by atoms with Gasteiger partial charge in [0.05, 0.1) is 4.90 Å². The van der Waals surface area contributed by atoms with Gasteiger partial charge in [0.1, 0.15) is 5.82 Å². The van der Waals surface area contributed by atoms with Gasteiger partial charge in [-0.05, 0) is 54.5 Å². The molecule has 0 saturated carbocycles. The summed E-state index contributed by atoms with van der Waals surface area (Å²) in [6.45, 7) is 2.26. The van der Waals surface area contributed by atoms with E-state index in [4.69, 9.17) is 0 Å². The van der Waals surface area contributed by atoms with Gasteiger partial charge in [-0.1, -0.05) is 42.5 Å². The summed E-state index contributed by atoms with van der Waals surface area (Å²) in [6, 6.07) is 16.4. The number of nitrogens with zero attached hydrogens (tertiary/aromatic N) is 1. The minimum absolute atomic E-state index is 0.131. The van der Waals surface area contributed by atoms with Crippen molar-refractivity contribution < 1.29 is 12.8 Å². The van der Waals surface area contributed by atoms with E-state index in [0.29, 0.717) is 23.4 Å². The molecular formula is C24H25FN2O2S. The molecule has 0 fully saturated rings. The van der Waals surface area contributed by atoms with Gasteiger partial charge in [0.2, 0.25) is 10.0 Å². The van der Waals surface area contributed by atoms with Crippen molar-refractivity contribution >= 4 is 20.8 Å². The average molecular weight is 425 g/mol. The van der Waals surface area contributed by atoms with Crippen LogP contribution in [0.1, 0.15) is 35.6 Å². The molecule has 1 unspecified atom stereocenters. The molecule has 1 heterocycles. The van der Waals surface area contributed by atoms with Gasteiger partial charge in [0.15, 0.2) is 0 Å². The zero-order chi connectivity index (χ0) is 20.7. The normalized spacial score (nSPS) is 18.6. The summed E-state index contributed by atoms with van der Waals surface area (Å²) >= 11 is 0. The second-order valence-corrected chi connectivity index (χ2v) is 9.91. The Balaban J connectivity index is 1.24. The number of nitrogens with one attached hydrogen (secondary N) is 1. The highest BCUT2D eigenvalue weighted by molar-refractivity contribution is 7.89. The van der Waals surface area contributed by atoms with Crippen molar-refractivity contribution in [3.8, 4) is 0 Å². The molecule has 5 rings (SSSR count). The van der Waals surface area contributed by atoms with Crippen LogP contribution in [0.15, 0.2) is 59.5 Å². The molecule has 0 aromatic heterocycles. The van der Waals surface area contributed by atoms with Crippen LogP contribution < -0.4 is 4.72 Å². The number of halogens is 1. The molecule has 1 atom stereocenters. The maximum atomic E-state index is 14.0. The van der Waals surface area contributed by atoms with Crippen molar-refractivity contribution in [2.45, 2.75) is 36.6 Å². The highest BCUT2D eigenvalue weighted by atomic mass is 32.2. The highest BCUT2D eigenvalue weighted by Gasteiger charge is 2.32. The summed E-state index contributed by atoms with van der Waals surface area (Å²) in [7, 11) is -3.70. The van der Waals surface area contributed by atoms with Crippen LogP contribution in [-0.4, -0.2) is 33.0 Å². The monoisotopic (exact) mass is 424 g/mol. The smallest absolute Gasteiger partial charge is 0.241 e. The van der Waals surface area contributed by atoms with Gasteiger partial charge in [-0.15, -0.1) is 0 Å². The van der Waals surface area contributed by atoms with Crippen molar-refractivity contribution in [3.63, 3.8) is 0 Å². The van der Waals surface area contributed by atoms with Crippen molar-refractivity contribution in [2.75, 3.05) is 19.6 Å². The number of fused-ring (bicyclic) bond motifs is 1. The van der Waals surface area contributed by atoms with E-state index in [-0.39, 0.29) is 4.90 Å². The van der Waals surface area contributed by atoms with Crippen molar-refractivity contribution in [2.24, 2.45) is 0 Å². The molecule has 0 saturated heterocycles. The van der Waals surface area contributed by atoms with E-state index in [1.165, 1.54) is 28.8 Å². The number of hydrogen-bond donors (Lipinski definition) is 1. The molecule has 0 bridgehead atoms. The van der Waals surface area contributed by atoms with E-state index in [9.17, 15) is 12.8 Å². The fourth-order valence-corrected chi connectivity index (χ4v) is 6.34. The first kappa shape index (κ1) is 19.7. The largest absolute Gasteiger partial charge is 0.296 e. The Labute approximate surface area is 176 Å². The first-order valence-corrected chi connectivity index (χ1v) is 12.0. The Morgan fingerprint density at radius 1 is 0.967 bits per heavy atom. The standard InChI is InChI=1S/C24H25FN2O2S/c25-21-10-12-23(20-8-2-1-7-19(20)21)30(28,29)26-14-4-15-27-16-13-18-6-3-5-17-9-11-22(27)24(17)18/h1-3,5-8,10,12,22,26H,4,9,11,13-16H2. The summed E-state index contributed by atoms with van der Waals surface area (Å²) in [6.07, 6.45) is 4.09. The molecule has 1 aliphatic heterocycles. The Morgan fingerprint density at radius 2 is 1.73 bits per heavy atom. The molecule has 156 valence electrons. The molecule has 4 nitrogen and oxygen atoms in total. The Bertz CT molecular complexity index is 1210. The topological polar surface area (TPSA) is 49.4 Å². The van der Waals surface area contributed by atoms with E-state index in [0.717, 1.165) is 38.8 Å². The van der Waals surface area contributed by atoms with Gasteiger partial charge in [-0.25, -0.2) is 17.5 Å². The zero-order valence-electron chi connectivity index (χ0n) is 16.8. The predicted octanol–water partition coefficient (Wildman–Crippen LogP) is 4.19. The summed E-state index contributed by atoms with van der Waals surface area (Å²) in [5.74, 6) is -0.411. The van der Waals surface area contributed by atoms with Gasteiger partial charge in [0.25, 0.3) is 0 Å². The lowest BCUT2D eigenvalue weighted by Gasteiger charge is -2.35. The van der Waals surface area contributed by atoms with E-state index in [1.807, 2.05) is 0 Å². The van der Waals surface area contributed by atoms with Gasteiger partial charge < -0.3 is 0 Å². The van der Waals surface area contributed by atoms with Crippen LogP contribution in [-0.2, 0) is 22.9 Å². The molecule has 0 amide bonds. The van der Waals surface area contributed by atoms with Crippen LogP contribution in [0.4, 0.5) is 4.39 Å². The third-order valence-corrected chi connectivity index (χ3v) is 7.97. The molecule has 0 radical (unpaired) electrons. The number of benzene rings is 3. The number of sulfonamides is 1. The molecule has 0 spiro atoms. The van der Waals surface area contributed by atoms with Crippen molar-refractivity contribution in [1.29, 1.82) is 0 Å². The van der Waals surface area contributed by atoms with E-state index in [2.05, 4.69) is 27.8 Å². The molecule has 3 aromatic carbocycles. The summed E-state index contributed by atoms with van der Waals surface area (Å²) in [5.41, 5.74) is 4.48.